The highest BCUT2D eigenvalue weighted by Gasteiger charge is 2.14. The lowest BCUT2D eigenvalue weighted by Gasteiger charge is -2.11. The third-order valence-electron chi connectivity index (χ3n) is 3.39. The van der Waals surface area contributed by atoms with Crippen molar-refractivity contribution in [3.8, 4) is 0 Å². The third kappa shape index (κ3) is 7.12. The molecule has 0 saturated carbocycles. The van der Waals surface area contributed by atoms with E-state index in [1.807, 2.05) is 0 Å². The van der Waals surface area contributed by atoms with Gasteiger partial charge in [-0.15, -0.1) is 0 Å². The zero-order chi connectivity index (χ0) is 22.3. The minimum Gasteiger partial charge on any atom is -0.478 e. The predicted molar refractivity (Wildman–Crippen MR) is 106 cm³/mol. The molecule has 0 unspecified atom stereocenters. The highest BCUT2D eigenvalue weighted by molar-refractivity contribution is 7.85. The van der Waals surface area contributed by atoms with Crippen LogP contribution in [-0.2, 0) is 10.1 Å². The molecule has 0 aliphatic carbocycles. The van der Waals surface area contributed by atoms with Gasteiger partial charge in [0.05, 0.1) is 16.9 Å². The van der Waals surface area contributed by atoms with Crippen molar-refractivity contribution in [1.82, 2.24) is 15.0 Å². The van der Waals surface area contributed by atoms with Gasteiger partial charge in [0, 0.05) is 25.3 Å². The fraction of sp³-hybridized carbons (Fsp3) is 0.267. The van der Waals surface area contributed by atoms with Crippen molar-refractivity contribution in [3.63, 3.8) is 0 Å². The van der Waals surface area contributed by atoms with Crippen LogP contribution in [0.4, 0.5) is 23.5 Å². The Hall–Kier alpha value is -3.56. The van der Waals surface area contributed by atoms with Gasteiger partial charge in [-0.25, -0.2) is 9.59 Å². The molecule has 0 fully saturated rings. The molecule has 162 valence electrons. The van der Waals surface area contributed by atoms with Crippen LogP contribution in [-0.4, -0.2) is 75.5 Å². The molecule has 0 bridgehead atoms. The summed E-state index contributed by atoms with van der Waals surface area (Å²) in [5.74, 6) is -3.30. The molecule has 14 nitrogen and oxygen atoms in total. The first kappa shape index (κ1) is 22.7. The average Bonchev–Trinajstić information content (AvgIpc) is 2.65. The highest BCUT2D eigenvalue weighted by Crippen LogP contribution is 2.20. The van der Waals surface area contributed by atoms with Gasteiger partial charge in [-0.05, 0) is 18.2 Å². The van der Waals surface area contributed by atoms with E-state index in [0.29, 0.717) is 6.54 Å². The van der Waals surface area contributed by atoms with Crippen molar-refractivity contribution in [2.75, 3.05) is 41.3 Å². The number of carbonyl (C=O) groups is 2. The summed E-state index contributed by atoms with van der Waals surface area (Å²) >= 11 is 0. The third-order valence-corrected chi connectivity index (χ3v) is 4.11. The number of hydrogen-bond donors (Lipinski definition) is 7. The van der Waals surface area contributed by atoms with Crippen LogP contribution in [0.5, 0.6) is 0 Å². The number of nitrogens with two attached hydrogens (primary N) is 1. The van der Waals surface area contributed by atoms with E-state index in [1.54, 1.807) is 0 Å². The molecule has 1 aromatic carbocycles. The second-order valence-electron chi connectivity index (χ2n) is 5.77. The highest BCUT2D eigenvalue weighted by atomic mass is 32.2. The predicted octanol–water partition coefficient (Wildman–Crippen LogP) is -0.318. The van der Waals surface area contributed by atoms with Crippen LogP contribution in [0.15, 0.2) is 18.2 Å². The Morgan fingerprint density at radius 2 is 1.40 bits per heavy atom. The van der Waals surface area contributed by atoms with E-state index in [9.17, 15) is 18.0 Å². The van der Waals surface area contributed by atoms with E-state index in [-0.39, 0.29) is 47.7 Å². The van der Waals surface area contributed by atoms with Crippen LogP contribution in [0.2, 0.25) is 0 Å². The Balaban J connectivity index is 2.33. The molecule has 0 radical (unpaired) electrons. The van der Waals surface area contributed by atoms with Crippen LogP contribution < -0.4 is 21.7 Å². The number of nitrogens with zero attached hydrogens (tertiary/aromatic N) is 3. The summed E-state index contributed by atoms with van der Waals surface area (Å²) < 4.78 is 30.5. The second kappa shape index (κ2) is 9.77. The number of hydrogen-bond acceptors (Lipinski definition) is 11. The molecule has 1 heterocycles. The molecule has 0 saturated heterocycles. The Morgan fingerprint density at radius 1 is 0.900 bits per heavy atom. The number of anilines is 4. The van der Waals surface area contributed by atoms with E-state index in [2.05, 4.69) is 30.9 Å². The fourth-order valence-corrected chi connectivity index (χ4v) is 2.50. The van der Waals surface area contributed by atoms with E-state index < -0.39 is 27.8 Å². The van der Waals surface area contributed by atoms with Crippen LogP contribution >= 0.6 is 0 Å². The van der Waals surface area contributed by atoms with E-state index in [1.165, 1.54) is 12.1 Å². The minimum atomic E-state index is -4.20. The molecule has 0 amide bonds. The maximum absolute atomic E-state index is 11.2. The summed E-state index contributed by atoms with van der Waals surface area (Å²) in [5, 5.41) is 26.4. The Kier molecular flexibility index (Phi) is 7.40. The summed E-state index contributed by atoms with van der Waals surface area (Å²) in [6, 6.07) is 3.38. The monoisotopic (exact) mass is 441 g/mol. The van der Waals surface area contributed by atoms with Crippen molar-refractivity contribution in [2.24, 2.45) is 5.73 Å². The van der Waals surface area contributed by atoms with Crippen molar-refractivity contribution in [1.29, 1.82) is 0 Å². The van der Waals surface area contributed by atoms with Crippen molar-refractivity contribution >= 4 is 45.6 Å². The standard InChI is InChI=1S/C15H19N7O7S/c16-1-2-17-13-20-14(18-3-4-30(27,28)29)22-15(21-13)19-10-6-8(11(23)24)5-9(7-10)12(25)26/h5-7H,1-4,16H2,(H,23,24)(H,25,26)(H,27,28,29)(H3,17,18,19,20,21,22). The largest absolute Gasteiger partial charge is 0.478 e. The molecule has 2 rings (SSSR count). The topological polar surface area (TPSA) is 230 Å². The van der Waals surface area contributed by atoms with Gasteiger partial charge in [-0.1, -0.05) is 0 Å². The van der Waals surface area contributed by atoms with Gasteiger partial charge in [-0.2, -0.15) is 23.4 Å². The summed E-state index contributed by atoms with van der Waals surface area (Å²) in [5.41, 5.74) is 4.98. The molecular weight excluding hydrogens is 422 g/mol. The molecule has 1 aromatic heterocycles. The van der Waals surface area contributed by atoms with E-state index >= 15 is 0 Å². The first-order valence-corrected chi connectivity index (χ1v) is 9.96. The van der Waals surface area contributed by atoms with E-state index in [0.717, 1.165) is 6.07 Å². The second-order valence-corrected chi connectivity index (χ2v) is 7.34. The zero-order valence-corrected chi connectivity index (χ0v) is 16.2. The van der Waals surface area contributed by atoms with Crippen LogP contribution in [0.1, 0.15) is 20.7 Å². The molecular formula is C15H19N7O7S. The van der Waals surface area contributed by atoms with Gasteiger partial charge in [0.2, 0.25) is 17.8 Å². The van der Waals surface area contributed by atoms with Gasteiger partial charge >= 0.3 is 11.9 Å². The molecule has 0 atom stereocenters. The summed E-state index contributed by atoms with van der Waals surface area (Å²) in [6.45, 7) is 0.379. The Bertz CT molecular complexity index is 1010. The SMILES string of the molecule is NCCNc1nc(NCCS(=O)(=O)O)nc(Nc2cc(C(=O)O)cc(C(=O)O)c2)n1. The number of benzene rings is 1. The van der Waals surface area contributed by atoms with Crippen molar-refractivity contribution in [2.45, 2.75) is 0 Å². The van der Waals surface area contributed by atoms with Crippen LogP contribution in [0.25, 0.3) is 0 Å². The van der Waals surface area contributed by atoms with Gasteiger partial charge in [-0.3, -0.25) is 4.55 Å². The lowest BCUT2D eigenvalue weighted by molar-refractivity contribution is 0.0696. The molecule has 15 heteroatoms. The Morgan fingerprint density at radius 3 is 1.87 bits per heavy atom. The summed E-state index contributed by atoms with van der Waals surface area (Å²) in [4.78, 5) is 34.6. The normalized spacial score (nSPS) is 11.0. The number of nitrogens with one attached hydrogen (secondary N) is 3. The van der Waals surface area contributed by atoms with E-state index in [4.69, 9.17) is 20.5 Å². The van der Waals surface area contributed by atoms with Gasteiger partial charge in [0.15, 0.2) is 0 Å². The molecule has 2 aromatic rings. The molecule has 8 N–H and O–H groups in total. The fourth-order valence-electron chi connectivity index (χ4n) is 2.14. The lowest BCUT2D eigenvalue weighted by Crippen LogP contribution is -2.19. The number of aromatic carboxylic acids is 2. The summed E-state index contributed by atoms with van der Waals surface area (Å²) in [6.07, 6.45) is 0. The lowest BCUT2D eigenvalue weighted by atomic mass is 10.1. The van der Waals surface area contributed by atoms with Crippen LogP contribution in [0, 0.1) is 0 Å². The van der Waals surface area contributed by atoms with Crippen LogP contribution in [0.3, 0.4) is 0 Å². The molecule has 0 spiro atoms. The number of rotatable bonds is 11. The maximum atomic E-state index is 11.2. The average molecular weight is 441 g/mol. The first-order valence-electron chi connectivity index (χ1n) is 8.35. The number of carboxylic acid groups (broad SMARTS) is 2. The first-order chi connectivity index (χ1) is 14.1. The minimum absolute atomic E-state index is 0.0523. The molecule has 0 aliphatic heterocycles. The quantitative estimate of drug-likeness (QED) is 0.222. The number of carboxylic acids is 2. The maximum Gasteiger partial charge on any atom is 0.335 e. The van der Waals surface area contributed by atoms with Gasteiger partial charge < -0.3 is 31.9 Å². The Labute approximate surface area is 170 Å². The zero-order valence-electron chi connectivity index (χ0n) is 15.4. The van der Waals surface area contributed by atoms with Crippen molar-refractivity contribution < 1.29 is 32.8 Å². The molecule has 30 heavy (non-hydrogen) atoms. The number of aromatic nitrogens is 3. The molecule has 0 aliphatic rings. The smallest absolute Gasteiger partial charge is 0.335 e. The van der Waals surface area contributed by atoms with Gasteiger partial charge in [0.1, 0.15) is 0 Å². The van der Waals surface area contributed by atoms with Crippen molar-refractivity contribution in [3.05, 3.63) is 29.3 Å². The summed E-state index contributed by atoms with van der Waals surface area (Å²) in [7, 11) is -4.20. The van der Waals surface area contributed by atoms with Gasteiger partial charge in [0.25, 0.3) is 10.1 Å².